The predicted molar refractivity (Wildman–Crippen MR) is 81.3 cm³/mol. The molecular formula is C14H20ClN2O2P. The van der Waals surface area contributed by atoms with Crippen molar-refractivity contribution in [1.29, 1.82) is 0 Å². The molecule has 0 bridgehead atoms. The van der Waals surface area contributed by atoms with Crippen LogP contribution in [0.1, 0.15) is 26.7 Å². The van der Waals surface area contributed by atoms with Gasteiger partial charge in [-0.05, 0) is 37.1 Å². The molecule has 6 heteroatoms. The van der Waals surface area contributed by atoms with E-state index in [0.717, 1.165) is 25.9 Å². The van der Waals surface area contributed by atoms with E-state index >= 15 is 0 Å². The van der Waals surface area contributed by atoms with Crippen LogP contribution in [0.3, 0.4) is 0 Å². The summed E-state index contributed by atoms with van der Waals surface area (Å²) < 4.78 is 23.3. The lowest BCUT2D eigenvalue weighted by Gasteiger charge is -2.22. The molecule has 2 aliphatic heterocycles. The van der Waals surface area contributed by atoms with Crippen molar-refractivity contribution < 1.29 is 9.09 Å². The first-order valence-corrected chi connectivity index (χ1v) is 9.08. The molecular weight excluding hydrogens is 295 g/mol. The van der Waals surface area contributed by atoms with Gasteiger partial charge in [0.05, 0.1) is 0 Å². The van der Waals surface area contributed by atoms with Gasteiger partial charge in [0.1, 0.15) is 5.75 Å². The molecule has 2 fully saturated rings. The van der Waals surface area contributed by atoms with Gasteiger partial charge in [-0.25, -0.2) is 13.9 Å². The Hall–Kier alpha value is -0.540. The zero-order valence-corrected chi connectivity index (χ0v) is 13.5. The summed E-state index contributed by atoms with van der Waals surface area (Å²) in [5.74, 6) is 0.626. The molecule has 2 aliphatic rings. The van der Waals surface area contributed by atoms with Crippen molar-refractivity contribution in [1.82, 2.24) is 9.34 Å². The van der Waals surface area contributed by atoms with Crippen molar-refractivity contribution in [2.45, 2.75) is 38.8 Å². The van der Waals surface area contributed by atoms with Crippen molar-refractivity contribution in [3.8, 4) is 5.75 Å². The average molecular weight is 315 g/mol. The zero-order chi connectivity index (χ0) is 14.3. The molecule has 0 spiro atoms. The summed E-state index contributed by atoms with van der Waals surface area (Å²) in [5.41, 5.74) is 0. The summed E-state index contributed by atoms with van der Waals surface area (Å²) >= 11 is 5.88. The third kappa shape index (κ3) is 2.62. The van der Waals surface area contributed by atoms with Gasteiger partial charge in [-0.2, -0.15) is 0 Å². The smallest absolute Gasteiger partial charge is 0.396 e. The number of rotatable bonds is 6. The van der Waals surface area contributed by atoms with E-state index in [1.807, 2.05) is 9.34 Å². The van der Waals surface area contributed by atoms with E-state index in [1.54, 1.807) is 24.3 Å². The van der Waals surface area contributed by atoms with Crippen molar-refractivity contribution in [2.24, 2.45) is 0 Å². The summed E-state index contributed by atoms with van der Waals surface area (Å²) in [4.78, 5) is 0. The maximum absolute atomic E-state index is 13.3. The third-order valence-corrected chi connectivity index (χ3v) is 6.98. The largest absolute Gasteiger partial charge is 0.422 e. The maximum Gasteiger partial charge on any atom is 0.396 e. The molecule has 0 aliphatic carbocycles. The van der Waals surface area contributed by atoms with Crippen molar-refractivity contribution in [2.75, 3.05) is 13.1 Å². The second-order valence-corrected chi connectivity index (χ2v) is 8.03. The van der Waals surface area contributed by atoms with Crippen LogP contribution in [0.5, 0.6) is 5.75 Å². The molecule has 2 unspecified atom stereocenters. The molecule has 2 heterocycles. The Morgan fingerprint density at radius 3 is 2.05 bits per heavy atom. The van der Waals surface area contributed by atoms with Crippen LogP contribution in [0.2, 0.25) is 5.02 Å². The molecule has 0 N–H and O–H groups in total. The molecule has 2 saturated heterocycles. The van der Waals surface area contributed by atoms with Gasteiger partial charge in [0, 0.05) is 30.2 Å². The zero-order valence-electron chi connectivity index (χ0n) is 11.8. The van der Waals surface area contributed by atoms with Gasteiger partial charge in [-0.15, -0.1) is 0 Å². The van der Waals surface area contributed by atoms with Gasteiger partial charge in [0.15, 0.2) is 0 Å². The van der Waals surface area contributed by atoms with Crippen LogP contribution in [0.4, 0.5) is 0 Å². The number of hydrogen-bond acceptors (Lipinski definition) is 2. The van der Waals surface area contributed by atoms with E-state index in [0.29, 0.717) is 22.9 Å². The highest BCUT2D eigenvalue weighted by Gasteiger charge is 2.59. The van der Waals surface area contributed by atoms with Crippen molar-refractivity contribution in [3.05, 3.63) is 29.3 Å². The lowest BCUT2D eigenvalue weighted by molar-refractivity contribution is 0.395. The molecule has 4 atom stereocenters. The van der Waals surface area contributed by atoms with E-state index in [4.69, 9.17) is 16.1 Å². The van der Waals surface area contributed by atoms with E-state index in [-0.39, 0.29) is 0 Å². The van der Waals surface area contributed by atoms with Gasteiger partial charge < -0.3 is 4.52 Å². The predicted octanol–water partition coefficient (Wildman–Crippen LogP) is 4.02. The van der Waals surface area contributed by atoms with Crippen molar-refractivity contribution in [3.63, 3.8) is 0 Å². The van der Waals surface area contributed by atoms with Gasteiger partial charge in [0.2, 0.25) is 0 Å². The molecule has 0 aromatic heterocycles. The summed E-state index contributed by atoms with van der Waals surface area (Å²) in [6.07, 6.45) is 2.02. The minimum Gasteiger partial charge on any atom is -0.422 e. The van der Waals surface area contributed by atoms with Gasteiger partial charge in [-0.3, -0.25) is 0 Å². The molecule has 3 rings (SSSR count). The highest BCUT2D eigenvalue weighted by Crippen LogP contribution is 2.65. The molecule has 0 amide bonds. The first-order valence-electron chi connectivity index (χ1n) is 7.18. The van der Waals surface area contributed by atoms with Crippen LogP contribution in [-0.2, 0) is 4.57 Å². The highest BCUT2D eigenvalue weighted by molar-refractivity contribution is 7.55. The van der Waals surface area contributed by atoms with Gasteiger partial charge in [-0.1, -0.05) is 25.4 Å². The topological polar surface area (TPSA) is 32.3 Å². The molecule has 1 aromatic carbocycles. The highest BCUT2D eigenvalue weighted by atomic mass is 35.5. The van der Waals surface area contributed by atoms with Gasteiger partial charge in [0.25, 0.3) is 0 Å². The van der Waals surface area contributed by atoms with E-state index in [2.05, 4.69) is 13.8 Å². The standard InChI is InChI=1S/C14H20ClN2O2P/c1-3-12-9-16(12)20(18,17-10-13(17)4-2)19-14-7-5-11(15)6-8-14/h5-8,12-13H,3-4,9-10H2,1-2H3/t12-,13-,16?,17?,20?/m1/s1. The fourth-order valence-electron chi connectivity index (χ4n) is 2.52. The SMILES string of the molecule is CC[C@@H]1CN1P(=O)(Oc1ccc(Cl)cc1)N1C[C@H]1CC. The molecule has 0 saturated carbocycles. The maximum atomic E-state index is 13.3. The first kappa shape index (κ1) is 14.4. The Labute approximate surface area is 125 Å². The molecule has 110 valence electrons. The van der Waals surface area contributed by atoms with Crippen LogP contribution in [0, 0.1) is 0 Å². The monoisotopic (exact) mass is 314 g/mol. The quantitative estimate of drug-likeness (QED) is 0.586. The molecule has 1 aromatic rings. The second kappa shape index (κ2) is 5.34. The minimum absolute atomic E-state index is 0.395. The summed E-state index contributed by atoms with van der Waals surface area (Å²) in [7, 11) is -2.90. The second-order valence-electron chi connectivity index (χ2n) is 5.40. The van der Waals surface area contributed by atoms with E-state index < -0.39 is 7.67 Å². The lowest BCUT2D eigenvalue weighted by Crippen LogP contribution is -2.14. The summed E-state index contributed by atoms with van der Waals surface area (Å²) in [6, 6.07) is 7.88. The molecule has 4 nitrogen and oxygen atoms in total. The first-order chi connectivity index (χ1) is 9.58. The Morgan fingerprint density at radius 2 is 1.65 bits per heavy atom. The Kier molecular flexibility index (Phi) is 3.85. The van der Waals surface area contributed by atoms with Crippen LogP contribution >= 0.6 is 19.3 Å². The van der Waals surface area contributed by atoms with Crippen molar-refractivity contribution >= 4 is 19.3 Å². The Balaban J connectivity index is 1.80. The molecule has 0 radical (unpaired) electrons. The van der Waals surface area contributed by atoms with E-state index in [1.165, 1.54) is 0 Å². The number of hydrogen-bond donors (Lipinski definition) is 0. The normalized spacial score (nSPS) is 34.4. The number of benzene rings is 1. The van der Waals surface area contributed by atoms with Gasteiger partial charge >= 0.3 is 7.67 Å². The van der Waals surface area contributed by atoms with Crippen LogP contribution < -0.4 is 4.52 Å². The fraction of sp³-hybridized carbons (Fsp3) is 0.571. The van der Waals surface area contributed by atoms with Crippen LogP contribution in [-0.4, -0.2) is 34.5 Å². The Bertz CT molecular complexity index is 514. The minimum atomic E-state index is -2.90. The summed E-state index contributed by atoms with van der Waals surface area (Å²) in [6.45, 7) is 5.98. The van der Waals surface area contributed by atoms with Crippen LogP contribution in [0.25, 0.3) is 0 Å². The number of nitrogens with zero attached hydrogens (tertiary/aromatic N) is 2. The fourth-order valence-corrected chi connectivity index (χ4v) is 5.49. The molecule has 20 heavy (non-hydrogen) atoms. The number of halogens is 1. The van der Waals surface area contributed by atoms with E-state index in [9.17, 15) is 4.57 Å². The van der Waals surface area contributed by atoms with Crippen LogP contribution in [0.15, 0.2) is 24.3 Å². The third-order valence-electron chi connectivity index (χ3n) is 4.00. The average Bonchev–Trinajstić information content (AvgIpc) is 3.34. The Morgan fingerprint density at radius 1 is 1.15 bits per heavy atom. The summed E-state index contributed by atoms with van der Waals surface area (Å²) in [5, 5.41) is 0.656. The lowest BCUT2D eigenvalue weighted by atomic mass is 10.3.